The summed E-state index contributed by atoms with van der Waals surface area (Å²) in [5.74, 6) is -0.233. The number of nitrogens with one attached hydrogen (secondary N) is 1. The van der Waals surface area contributed by atoms with Gasteiger partial charge >= 0.3 is 0 Å². The second kappa shape index (κ2) is 8.20. The van der Waals surface area contributed by atoms with Gasteiger partial charge in [-0.1, -0.05) is 23.8 Å². The van der Waals surface area contributed by atoms with Crippen molar-refractivity contribution in [3.05, 3.63) is 65.3 Å². The Hall–Kier alpha value is -3.10. The Morgan fingerprint density at radius 1 is 1.03 bits per heavy atom. The Morgan fingerprint density at radius 2 is 1.77 bits per heavy atom. The van der Waals surface area contributed by atoms with Gasteiger partial charge in [-0.15, -0.1) is 11.3 Å². The van der Waals surface area contributed by atoms with Crippen molar-refractivity contribution in [2.24, 2.45) is 0 Å². The van der Waals surface area contributed by atoms with Crippen LogP contribution in [0.25, 0.3) is 21.3 Å². The summed E-state index contributed by atoms with van der Waals surface area (Å²) < 4.78 is 24.5. The van der Waals surface area contributed by atoms with E-state index in [1.807, 2.05) is 0 Å². The fourth-order valence-corrected chi connectivity index (χ4v) is 5.68. The first-order valence-electron chi connectivity index (χ1n) is 9.64. The van der Waals surface area contributed by atoms with E-state index in [2.05, 4.69) is 52.7 Å². The zero-order chi connectivity index (χ0) is 22.2. The number of benzene rings is 2. The molecule has 0 bridgehead atoms. The van der Waals surface area contributed by atoms with E-state index in [1.54, 1.807) is 23.5 Å². The Bertz CT molecular complexity index is 1390. The summed E-state index contributed by atoms with van der Waals surface area (Å²) in [5.41, 5.74) is 5.26. The number of thiophene rings is 1. The molecule has 0 radical (unpaired) electrons. The van der Waals surface area contributed by atoms with Crippen molar-refractivity contribution in [2.75, 3.05) is 11.1 Å². The lowest BCUT2D eigenvalue weighted by molar-refractivity contribution is -0.114. The summed E-state index contributed by atoms with van der Waals surface area (Å²) in [6, 6.07) is 12.7. The number of hydrogen-bond acceptors (Lipinski definition) is 7. The molecule has 0 saturated heterocycles. The molecule has 0 fully saturated rings. The molecule has 31 heavy (non-hydrogen) atoms. The molecule has 4 aromatic rings. The van der Waals surface area contributed by atoms with E-state index < -0.39 is 15.6 Å². The smallest absolute Gasteiger partial charge is 0.185 e. The maximum atomic E-state index is 12.2. The van der Waals surface area contributed by atoms with Crippen molar-refractivity contribution in [3.8, 4) is 11.1 Å². The van der Waals surface area contributed by atoms with Crippen LogP contribution in [0.5, 0.6) is 0 Å². The number of anilines is 2. The fraction of sp³-hybridized carbons (Fsp3) is 0.174. The summed E-state index contributed by atoms with van der Waals surface area (Å²) in [6.07, 6.45) is 1.51. The maximum Gasteiger partial charge on any atom is 0.185 e. The van der Waals surface area contributed by atoms with Gasteiger partial charge in [-0.05, 0) is 56.2 Å². The van der Waals surface area contributed by atoms with E-state index >= 15 is 0 Å². The molecule has 2 heterocycles. The SMILES string of the molecule is CC(=O)CS(=O)(=O)c1ccc(Nc2ncnc3scc(-c4ccc(C)cc4C)c23)cc1. The van der Waals surface area contributed by atoms with Crippen LogP contribution in [0, 0.1) is 13.8 Å². The molecule has 8 heteroatoms. The quantitative estimate of drug-likeness (QED) is 0.440. The number of carbonyl (C=O) groups excluding carboxylic acids is 1. The van der Waals surface area contributed by atoms with Gasteiger partial charge in [0, 0.05) is 16.6 Å². The zero-order valence-corrected chi connectivity index (χ0v) is 19.0. The Balaban J connectivity index is 1.71. The Labute approximate surface area is 184 Å². The third-order valence-corrected chi connectivity index (χ3v) is 7.58. The van der Waals surface area contributed by atoms with Crippen molar-refractivity contribution in [2.45, 2.75) is 25.7 Å². The minimum atomic E-state index is -3.63. The first-order valence-corrected chi connectivity index (χ1v) is 12.2. The highest BCUT2D eigenvalue weighted by Gasteiger charge is 2.18. The van der Waals surface area contributed by atoms with Gasteiger partial charge in [0.1, 0.15) is 28.5 Å². The molecule has 0 aliphatic heterocycles. The van der Waals surface area contributed by atoms with Crippen LogP contribution >= 0.6 is 11.3 Å². The zero-order valence-electron chi connectivity index (χ0n) is 17.3. The lowest BCUT2D eigenvalue weighted by atomic mass is 9.99. The average Bonchev–Trinajstić information content (AvgIpc) is 3.12. The number of aromatic nitrogens is 2. The molecule has 2 aromatic heterocycles. The largest absolute Gasteiger partial charge is 0.340 e. The van der Waals surface area contributed by atoms with Crippen molar-refractivity contribution >= 4 is 48.7 Å². The van der Waals surface area contributed by atoms with Crippen LogP contribution in [-0.4, -0.2) is 29.9 Å². The number of carbonyl (C=O) groups is 1. The first-order chi connectivity index (χ1) is 14.7. The van der Waals surface area contributed by atoms with Gasteiger partial charge in [-0.25, -0.2) is 18.4 Å². The highest BCUT2D eigenvalue weighted by atomic mass is 32.2. The standard InChI is InChI=1S/C23H21N3O3S2/c1-14-4-9-19(15(2)10-14)20-11-30-23-21(20)22(24-13-25-23)26-17-5-7-18(8-6-17)31(28,29)12-16(3)27/h4-11,13H,12H2,1-3H3,(H,24,25,26). The van der Waals surface area contributed by atoms with Crippen molar-refractivity contribution in [1.29, 1.82) is 0 Å². The summed E-state index contributed by atoms with van der Waals surface area (Å²) in [7, 11) is -3.63. The first kappa shape index (κ1) is 21.1. The predicted molar refractivity (Wildman–Crippen MR) is 125 cm³/mol. The fourth-order valence-electron chi connectivity index (χ4n) is 3.52. The number of ketones is 1. The molecular formula is C23H21N3O3S2. The van der Waals surface area contributed by atoms with Crippen LogP contribution in [0.4, 0.5) is 11.5 Å². The lowest BCUT2D eigenvalue weighted by Gasteiger charge is -2.11. The second-order valence-electron chi connectivity index (χ2n) is 7.48. The number of hydrogen-bond donors (Lipinski definition) is 1. The van der Waals surface area contributed by atoms with Gasteiger partial charge in [0.2, 0.25) is 0 Å². The molecule has 0 aliphatic carbocycles. The van der Waals surface area contributed by atoms with Crippen LogP contribution in [0.1, 0.15) is 18.1 Å². The third-order valence-electron chi connectivity index (χ3n) is 4.91. The van der Waals surface area contributed by atoms with Crippen molar-refractivity contribution < 1.29 is 13.2 Å². The van der Waals surface area contributed by atoms with Crippen molar-refractivity contribution in [3.63, 3.8) is 0 Å². The van der Waals surface area contributed by atoms with Crippen molar-refractivity contribution in [1.82, 2.24) is 9.97 Å². The molecule has 0 saturated carbocycles. The molecule has 0 aliphatic rings. The molecule has 0 unspecified atom stereocenters. The normalized spacial score (nSPS) is 11.6. The lowest BCUT2D eigenvalue weighted by Crippen LogP contribution is -2.13. The monoisotopic (exact) mass is 451 g/mol. The number of fused-ring (bicyclic) bond motifs is 1. The van der Waals surface area contributed by atoms with E-state index in [4.69, 9.17) is 0 Å². The minimum Gasteiger partial charge on any atom is -0.340 e. The van der Waals surface area contributed by atoms with E-state index in [9.17, 15) is 13.2 Å². The molecule has 0 amide bonds. The molecule has 0 atom stereocenters. The van der Waals surface area contributed by atoms with Gasteiger partial charge < -0.3 is 5.32 Å². The summed E-state index contributed by atoms with van der Waals surface area (Å²) in [4.78, 5) is 21.1. The summed E-state index contributed by atoms with van der Waals surface area (Å²) in [5, 5.41) is 6.29. The van der Waals surface area contributed by atoms with Gasteiger partial charge in [0.25, 0.3) is 0 Å². The minimum absolute atomic E-state index is 0.118. The molecule has 1 N–H and O–H groups in total. The van der Waals surface area contributed by atoms with E-state index in [0.717, 1.165) is 21.3 Å². The predicted octanol–water partition coefficient (Wildman–Crippen LogP) is 5.08. The number of rotatable bonds is 6. The van der Waals surface area contributed by atoms with Gasteiger partial charge in [-0.2, -0.15) is 0 Å². The Morgan fingerprint density at radius 3 is 2.45 bits per heavy atom. The van der Waals surface area contributed by atoms with Crippen LogP contribution in [0.2, 0.25) is 0 Å². The maximum absolute atomic E-state index is 12.2. The molecule has 2 aromatic carbocycles. The molecular weight excluding hydrogens is 430 g/mol. The summed E-state index contributed by atoms with van der Waals surface area (Å²) in [6.45, 7) is 5.42. The Kier molecular flexibility index (Phi) is 5.60. The molecule has 0 spiro atoms. The van der Waals surface area contributed by atoms with Crippen LogP contribution in [0.3, 0.4) is 0 Å². The number of aryl methyl sites for hydroxylation is 2. The van der Waals surface area contributed by atoms with Gasteiger partial charge in [-0.3, -0.25) is 4.79 Å². The second-order valence-corrected chi connectivity index (χ2v) is 10.3. The van der Waals surface area contributed by atoms with Crippen LogP contribution < -0.4 is 5.32 Å². The van der Waals surface area contributed by atoms with E-state index in [0.29, 0.717) is 11.5 Å². The average molecular weight is 452 g/mol. The van der Waals surface area contributed by atoms with E-state index in [1.165, 1.54) is 36.5 Å². The highest BCUT2D eigenvalue weighted by Crippen LogP contribution is 2.38. The molecule has 4 rings (SSSR count). The number of nitrogens with zero attached hydrogens (tertiary/aromatic N) is 2. The summed E-state index contributed by atoms with van der Waals surface area (Å²) >= 11 is 1.56. The van der Waals surface area contributed by atoms with Crippen LogP contribution in [-0.2, 0) is 14.6 Å². The van der Waals surface area contributed by atoms with E-state index in [-0.39, 0.29) is 10.7 Å². The number of Topliss-reactive ketones (excluding diaryl/α,β-unsaturated/α-hetero) is 1. The topological polar surface area (TPSA) is 89.0 Å². The highest BCUT2D eigenvalue weighted by molar-refractivity contribution is 7.92. The van der Waals surface area contributed by atoms with Gasteiger partial charge in [0.05, 0.1) is 10.3 Å². The number of sulfone groups is 1. The third kappa shape index (κ3) is 4.35. The van der Waals surface area contributed by atoms with Gasteiger partial charge in [0.15, 0.2) is 9.84 Å². The molecule has 158 valence electrons. The van der Waals surface area contributed by atoms with Crippen LogP contribution in [0.15, 0.2) is 59.1 Å². The molecule has 6 nitrogen and oxygen atoms in total.